The molecular formula is C29H31N3O4. The summed E-state index contributed by atoms with van der Waals surface area (Å²) in [6.45, 7) is 7.50. The summed E-state index contributed by atoms with van der Waals surface area (Å²) in [7, 11) is 0. The lowest BCUT2D eigenvalue weighted by atomic mass is 10.1. The van der Waals surface area contributed by atoms with Crippen molar-refractivity contribution in [2.24, 2.45) is 4.99 Å². The third-order valence-corrected chi connectivity index (χ3v) is 6.77. The second kappa shape index (κ2) is 9.93. The summed E-state index contributed by atoms with van der Waals surface area (Å²) in [5, 5.41) is 0. The van der Waals surface area contributed by atoms with Gasteiger partial charge < -0.3 is 24.8 Å². The number of aliphatic imine (C=N–C) groups is 1. The van der Waals surface area contributed by atoms with E-state index in [0.717, 1.165) is 36.3 Å². The van der Waals surface area contributed by atoms with E-state index in [1.54, 1.807) is 12.1 Å². The number of aryl methyl sites for hydroxylation is 3. The number of nitrogen functional groups attached to an aromatic ring is 1. The Kier molecular flexibility index (Phi) is 6.55. The lowest BCUT2D eigenvalue weighted by molar-refractivity contribution is 0.0774. The average molecular weight is 486 g/mol. The number of fused-ring (bicyclic) bond motifs is 2. The Morgan fingerprint density at radius 2 is 1.72 bits per heavy atom. The van der Waals surface area contributed by atoms with Gasteiger partial charge in [-0.1, -0.05) is 6.07 Å². The highest BCUT2D eigenvalue weighted by atomic mass is 16.5. The number of anilines is 1. The number of nitrogens with two attached hydrogens (primary N) is 1. The monoisotopic (exact) mass is 485 g/mol. The van der Waals surface area contributed by atoms with Gasteiger partial charge >= 0.3 is 0 Å². The van der Waals surface area contributed by atoms with Crippen molar-refractivity contribution in [2.45, 2.75) is 39.7 Å². The summed E-state index contributed by atoms with van der Waals surface area (Å²) in [5.74, 6) is 2.65. The summed E-state index contributed by atoms with van der Waals surface area (Å²) >= 11 is 0. The summed E-state index contributed by atoms with van der Waals surface area (Å²) in [4.78, 5) is 19.5. The van der Waals surface area contributed by atoms with E-state index < -0.39 is 0 Å². The normalized spacial score (nSPS) is 16.4. The van der Waals surface area contributed by atoms with Gasteiger partial charge in [-0.25, -0.2) is 0 Å². The molecule has 1 saturated heterocycles. The molecule has 3 aromatic carbocycles. The second-order valence-electron chi connectivity index (χ2n) is 9.37. The van der Waals surface area contributed by atoms with Crippen LogP contribution in [0.2, 0.25) is 0 Å². The van der Waals surface area contributed by atoms with Crippen LogP contribution in [0.3, 0.4) is 0 Å². The van der Waals surface area contributed by atoms with E-state index >= 15 is 0 Å². The van der Waals surface area contributed by atoms with Crippen LogP contribution in [0.25, 0.3) is 0 Å². The zero-order valence-corrected chi connectivity index (χ0v) is 20.9. The van der Waals surface area contributed by atoms with Crippen LogP contribution in [0.1, 0.15) is 39.9 Å². The van der Waals surface area contributed by atoms with Gasteiger partial charge in [0.1, 0.15) is 30.5 Å². The van der Waals surface area contributed by atoms with Crippen LogP contribution in [0.5, 0.6) is 23.0 Å². The number of rotatable bonds is 7. The molecule has 2 aliphatic heterocycles. The molecule has 0 aliphatic carbocycles. The largest absolute Gasteiger partial charge is 0.490 e. The van der Waals surface area contributed by atoms with Gasteiger partial charge in [0, 0.05) is 24.9 Å². The number of carbonyl (C=O) groups is 1. The smallest absolute Gasteiger partial charge is 0.256 e. The van der Waals surface area contributed by atoms with Crippen LogP contribution in [0.15, 0.2) is 53.5 Å². The van der Waals surface area contributed by atoms with Crippen molar-refractivity contribution in [3.63, 3.8) is 0 Å². The van der Waals surface area contributed by atoms with Gasteiger partial charge in [0.05, 0.1) is 23.0 Å². The van der Waals surface area contributed by atoms with Crippen molar-refractivity contribution < 1.29 is 19.0 Å². The molecule has 3 aromatic rings. The third-order valence-electron chi connectivity index (χ3n) is 6.77. The third kappa shape index (κ3) is 4.87. The summed E-state index contributed by atoms with van der Waals surface area (Å²) < 4.78 is 17.9. The number of hydrogen-bond acceptors (Lipinski definition) is 6. The van der Waals surface area contributed by atoms with Crippen LogP contribution in [-0.2, 0) is 0 Å². The fourth-order valence-electron chi connectivity index (χ4n) is 4.54. The minimum absolute atomic E-state index is 0.0464. The van der Waals surface area contributed by atoms with Crippen LogP contribution < -0.4 is 19.9 Å². The van der Waals surface area contributed by atoms with E-state index in [9.17, 15) is 4.79 Å². The maximum Gasteiger partial charge on any atom is 0.256 e. The van der Waals surface area contributed by atoms with Crippen LogP contribution in [-0.4, -0.2) is 42.8 Å². The lowest BCUT2D eigenvalue weighted by Crippen LogP contribution is -2.35. The molecule has 2 heterocycles. The minimum Gasteiger partial charge on any atom is -0.490 e. The Balaban J connectivity index is 1.21. The molecular weight excluding hydrogens is 454 g/mol. The fourth-order valence-corrected chi connectivity index (χ4v) is 4.54. The summed E-state index contributed by atoms with van der Waals surface area (Å²) in [5.41, 5.74) is 11.2. The number of ether oxygens (including phenoxy) is 3. The van der Waals surface area contributed by atoms with E-state index in [1.165, 1.54) is 5.56 Å². The quantitative estimate of drug-likeness (QED) is 0.339. The lowest BCUT2D eigenvalue weighted by Gasteiger charge is -2.20. The van der Waals surface area contributed by atoms with Gasteiger partial charge in [0.15, 0.2) is 5.75 Å². The molecule has 2 N–H and O–H groups in total. The van der Waals surface area contributed by atoms with E-state index in [1.807, 2.05) is 61.4 Å². The molecule has 1 amide bonds. The molecule has 7 nitrogen and oxygen atoms in total. The molecule has 36 heavy (non-hydrogen) atoms. The first kappa shape index (κ1) is 23.7. The highest BCUT2D eigenvalue weighted by Crippen LogP contribution is 2.34. The number of benzene rings is 3. The zero-order chi connectivity index (χ0) is 25.2. The first-order valence-corrected chi connectivity index (χ1v) is 12.3. The van der Waals surface area contributed by atoms with Crippen molar-refractivity contribution in [1.82, 2.24) is 4.90 Å². The van der Waals surface area contributed by atoms with Crippen LogP contribution >= 0.6 is 0 Å². The number of carbonyl (C=O) groups excluding carboxylic acids is 1. The maximum absolute atomic E-state index is 13.0. The van der Waals surface area contributed by atoms with Gasteiger partial charge in [0.2, 0.25) is 0 Å². The van der Waals surface area contributed by atoms with Crippen LogP contribution in [0, 0.1) is 20.8 Å². The zero-order valence-electron chi connectivity index (χ0n) is 20.9. The maximum atomic E-state index is 13.0. The van der Waals surface area contributed by atoms with Crippen molar-refractivity contribution in [2.75, 3.05) is 25.5 Å². The predicted molar refractivity (Wildman–Crippen MR) is 141 cm³/mol. The molecule has 186 valence electrons. The molecule has 5 rings (SSSR count). The molecule has 1 atom stereocenters. The Morgan fingerprint density at radius 1 is 0.917 bits per heavy atom. The van der Waals surface area contributed by atoms with Gasteiger partial charge in [-0.2, -0.15) is 0 Å². The van der Waals surface area contributed by atoms with E-state index in [-0.39, 0.29) is 11.9 Å². The molecule has 0 bridgehead atoms. The average Bonchev–Trinajstić information content (AvgIpc) is 3.29. The second-order valence-corrected chi connectivity index (χ2v) is 9.37. The van der Waals surface area contributed by atoms with E-state index in [2.05, 4.69) is 11.9 Å². The van der Waals surface area contributed by atoms with Crippen molar-refractivity contribution >= 4 is 23.5 Å². The van der Waals surface area contributed by atoms with E-state index in [4.69, 9.17) is 19.9 Å². The predicted octanol–water partition coefficient (Wildman–Crippen LogP) is 5.76. The molecule has 0 radical (unpaired) electrons. The Hall–Kier alpha value is -4.00. The molecule has 1 fully saturated rings. The van der Waals surface area contributed by atoms with Gasteiger partial charge in [-0.15, -0.1) is 0 Å². The van der Waals surface area contributed by atoms with Gasteiger partial charge in [0.25, 0.3) is 5.91 Å². The Bertz CT molecular complexity index is 1330. The van der Waals surface area contributed by atoms with Crippen molar-refractivity contribution in [3.05, 3.63) is 70.8 Å². The molecule has 0 spiro atoms. The van der Waals surface area contributed by atoms with Crippen LogP contribution in [0.4, 0.5) is 11.4 Å². The standard InChI is InChI=1S/C29H31N3O4/c1-18-6-7-23(13-19(18)2)36-28-15-22(8-9-25(28)30)34-11-12-35-27-16-26-24(14-20(27)3)29(33)32-10-4-5-21(32)17-31-26/h6-9,13-17,21H,4-5,10-12,30H2,1-3H3/t21-/m0/s1. The highest BCUT2D eigenvalue weighted by molar-refractivity contribution is 6.03. The Morgan fingerprint density at radius 3 is 2.56 bits per heavy atom. The summed E-state index contributed by atoms with van der Waals surface area (Å²) in [6, 6.07) is 15.1. The number of amides is 1. The Labute approximate surface area is 211 Å². The van der Waals surface area contributed by atoms with Gasteiger partial charge in [-0.3, -0.25) is 9.79 Å². The number of nitrogens with zero attached hydrogens (tertiary/aromatic N) is 2. The van der Waals surface area contributed by atoms with E-state index in [0.29, 0.717) is 47.4 Å². The molecule has 0 aromatic heterocycles. The SMILES string of the molecule is Cc1ccc(Oc2cc(OCCOc3cc4c(cc3C)C(=O)N3CCC[C@H]3C=N4)ccc2N)cc1C. The first-order chi connectivity index (χ1) is 17.4. The topological polar surface area (TPSA) is 86.4 Å². The first-order valence-electron chi connectivity index (χ1n) is 12.3. The molecule has 2 aliphatic rings. The summed E-state index contributed by atoms with van der Waals surface area (Å²) in [6.07, 6.45) is 3.87. The number of hydrogen-bond donors (Lipinski definition) is 1. The van der Waals surface area contributed by atoms with Crippen molar-refractivity contribution in [3.8, 4) is 23.0 Å². The molecule has 0 saturated carbocycles. The highest BCUT2D eigenvalue weighted by Gasteiger charge is 2.32. The van der Waals surface area contributed by atoms with Crippen molar-refractivity contribution in [1.29, 1.82) is 0 Å². The molecule has 0 unspecified atom stereocenters. The van der Waals surface area contributed by atoms with Gasteiger partial charge in [-0.05, 0) is 80.6 Å². The fraction of sp³-hybridized carbons (Fsp3) is 0.310. The molecule has 7 heteroatoms. The minimum atomic E-state index is 0.0464.